The monoisotopic (exact) mass is 360 g/mol. The van der Waals surface area contributed by atoms with Gasteiger partial charge in [0.05, 0.1) is 0 Å². The molecule has 3 heterocycles. The first kappa shape index (κ1) is 17.5. The molecule has 0 spiro atoms. The molecular formula is C20H28N2O4. The van der Waals surface area contributed by atoms with Gasteiger partial charge in [0.1, 0.15) is 0 Å². The van der Waals surface area contributed by atoms with Crippen LogP contribution in [-0.2, 0) is 10.2 Å². The predicted octanol–water partition coefficient (Wildman–Crippen LogP) is 3.05. The van der Waals surface area contributed by atoms with Gasteiger partial charge in [0, 0.05) is 38.3 Å². The van der Waals surface area contributed by atoms with Crippen molar-refractivity contribution in [3.63, 3.8) is 0 Å². The third kappa shape index (κ3) is 3.61. The van der Waals surface area contributed by atoms with Crippen molar-refractivity contribution in [3.8, 4) is 11.5 Å². The van der Waals surface area contributed by atoms with E-state index in [1.54, 1.807) is 0 Å². The number of amides is 2. The second-order valence-corrected chi connectivity index (χ2v) is 7.52. The molecule has 142 valence electrons. The van der Waals surface area contributed by atoms with Gasteiger partial charge in [-0.05, 0) is 43.4 Å². The third-order valence-corrected chi connectivity index (χ3v) is 5.91. The Balaban J connectivity index is 1.48. The largest absolute Gasteiger partial charge is 0.454 e. The number of nitrogens with one attached hydrogen (secondary N) is 1. The highest BCUT2D eigenvalue weighted by Gasteiger charge is 2.36. The summed E-state index contributed by atoms with van der Waals surface area (Å²) < 4.78 is 16.6. The first-order chi connectivity index (χ1) is 12.8. The summed E-state index contributed by atoms with van der Waals surface area (Å²) in [7, 11) is 0. The summed E-state index contributed by atoms with van der Waals surface area (Å²) in [6.45, 7) is 4.08. The average Bonchev–Trinajstić information content (AvgIpc) is 2.98. The highest BCUT2D eigenvalue weighted by atomic mass is 16.7. The van der Waals surface area contributed by atoms with Crippen molar-refractivity contribution in [2.75, 3.05) is 39.6 Å². The summed E-state index contributed by atoms with van der Waals surface area (Å²) in [5.74, 6) is 1.59. The summed E-state index contributed by atoms with van der Waals surface area (Å²) in [5, 5.41) is 3.22. The number of likely N-dealkylation sites (tertiary alicyclic amines) is 1. The molecule has 0 saturated carbocycles. The Kier molecular flexibility index (Phi) is 5.20. The predicted molar refractivity (Wildman–Crippen MR) is 97.7 cm³/mol. The number of hydrogen-bond acceptors (Lipinski definition) is 4. The fraction of sp³-hybridized carbons (Fsp3) is 0.650. The molecule has 3 aliphatic rings. The summed E-state index contributed by atoms with van der Waals surface area (Å²) in [5.41, 5.74) is 1.09. The zero-order chi connectivity index (χ0) is 17.8. The van der Waals surface area contributed by atoms with Gasteiger partial charge in [-0.2, -0.15) is 0 Å². The van der Waals surface area contributed by atoms with Gasteiger partial charge < -0.3 is 24.4 Å². The Morgan fingerprint density at radius 2 is 1.77 bits per heavy atom. The number of nitrogens with zero attached hydrogens (tertiary/aromatic N) is 1. The van der Waals surface area contributed by atoms with Crippen molar-refractivity contribution >= 4 is 6.03 Å². The molecule has 2 amide bonds. The van der Waals surface area contributed by atoms with Crippen LogP contribution in [0.4, 0.5) is 4.79 Å². The molecule has 0 unspecified atom stereocenters. The van der Waals surface area contributed by atoms with Gasteiger partial charge in [-0.3, -0.25) is 0 Å². The van der Waals surface area contributed by atoms with Gasteiger partial charge >= 0.3 is 6.03 Å². The van der Waals surface area contributed by atoms with Crippen LogP contribution in [0.15, 0.2) is 18.2 Å². The van der Waals surface area contributed by atoms with Crippen molar-refractivity contribution in [1.82, 2.24) is 10.2 Å². The van der Waals surface area contributed by atoms with Crippen LogP contribution < -0.4 is 14.8 Å². The summed E-state index contributed by atoms with van der Waals surface area (Å²) in [6, 6.07) is 6.23. The molecule has 2 saturated heterocycles. The molecule has 0 atom stereocenters. The van der Waals surface area contributed by atoms with Crippen molar-refractivity contribution in [3.05, 3.63) is 23.8 Å². The van der Waals surface area contributed by atoms with E-state index in [4.69, 9.17) is 14.2 Å². The van der Waals surface area contributed by atoms with E-state index in [0.29, 0.717) is 19.8 Å². The number of ether oxygens (including phenoxy) is 3. The van der Waals surface area contributed by atoms with Crippen molar-refractivity contribution in [1.29, 1.82) is 0 Å². The van der Waals surface area contributed by atoms with E-state index in [9.17, 15) is 4.79 Å². The van der Waals surface area contributed by atoms with Crippen LogP contribution in [-0.4, -0.2) is 50.6 Å². The van der Waals surface area contributed by atoms with Crippen molar-refractivity contribution in [2.45, 2.75) is 43.9 Å². The molecule has 4 rings (SSSR count). The quantitative estimate of drug-likeness (QED) is 0.900. The minimum atomic E-state index is -0.110. The molecule has 1 N–H and O–H groups in total. The standard InChI is InChI=1S/C20H28N2O4/c23-19(22-9-3-1-2-4-10-22)21-14-20(7-11-24-12-8-20)16-5-6-17-18(13-16)26-15-25-17/h5-6,13H,1-4,7-12,14-15H2,(H,21,23). The Morgan fingerprint density at radius 3 is 2.54 bits per heavy atom. The summed E-state index contributed by atoms with van der Waals surface area (Å²) >= 11 is 0. The molecule has 0 radical (unpaired) electrons. The van der Waals surface area contributed by atoms with Crippen LogP contribution >= 0.6 is 0 Å². The minimum absolute atomic E-state index is 0.0681. The molecule has 0 aromatic heterocycles. The normalized spacial score (nSPS) is 21.9. The summed E-state index contributed by atoms with van der Waals surface area (Å²) in [4.78, 5) is 14.7. The molecule has 1 aromatic rings. The van der Waals surface area contributed by atoms with Crippen LogP contribution in [0.1, 0.15) is 44.1 Å². The Bertz CT molecular complexity index is 635. The molecule has 6 nitrogen and oxygen atoms in total. The van der Waals surface area contributed by atoms with Crippen LogP contribution in [0, 0.1) is 0 Å². The first-order valence-electron chi connectivity index (χ1n) is 9.78. The fourth-order valence-electron chi connectivity index (χ4n) is 4.19. The zero-order valence-electron chi connectivity index (χ0n) is 15.3. The molecule has 6 heteroatoms. The fourth-order valence-corrected chi connectivity index (χ4v) is 4.19. The smallest absolute Gasteiger partial charge is 0.317 e. The maximum atomic E-state index is 12.7. The Morgan fingerprint density at radius 1 is 1.04 bits per heavy atom. The van der Waals surface area contributed by atoms with Crippen LogP contribution in [0.2, 0.25) is 0 Å². The van der Waals surface area contributed by atoms with Gasteiger partial charge in [0.2, 0.25) is 6.79 Å². The van der Waals surface area contributed by atoms with Crippen LogP contribution in [0.25, 0.3) is 0 Å². The second kappa shape index (κ2) is 7.74. The number of carbonyl (C=O) groups excluding carboxylic acids is 1. The van der Waals surface area contributed by atoms with E-state index in [2.05, 4.69) is 17.4 Å². The molecule has 26 heavy (non-hydrogen) atoms. The maximum absolute atomic E-state index is 12.7. The lowest BCUT2D eigenvalue weighted by Crippen LogP contribution is -2.48. The van der Waals surface area contributed by atoms with Gasteiger partial charge in [-0.1, -0.05) is 18.9 Å². The lowest BCUT2D eigenvalue weighted by Gasteiger charge is -2.38. The lowest BCUT2D eigenvalue weighted by atomic mass is 9.74. The van der Waals surface area contributed by atoms with Crippen molar-refractivity contribution < 1.29 is 19.0 Å². The zero-order valence-corrected chi connectivity index (χ0v) is 15.3. The minimum Gasteiger partial charge on any atom is -0.454 e. The van der Waals surface area contributed by atoms with Crippen molar-refractivity contribution in [2.24, 2.45) is 0 Å². The topological polar surface area (TPSA) is 60.0 Å². The van der Waals surface area contributed by atoms with E-state index in [-0.39, 0.29) is 18.2 Å². The SMILES string of the molecule is O=C(NCC1(c2ccc3c(c2)OCO3)CCOCC1)N1CCCCCC1. The van der Waals surface area contributed by atoms with E-state index >= 15 is 0 Å². The van der Waals surface area contributed by atoms with E-state index in [0.717, 1.165) is 50.3 Å². The van der Waals surface area contributed by atoms with E-state index in [1.165, 1.54) is 18.4 Å². The third-order valence-electron chi connectivity index (χ3n) is 5.91. The first-order valence-corrected chi connectivity index (χ1v) is 9.78. The van der Waals surface area contributed by atoms with Gasteiger partial charge in [-0.25, -0.2) is 4.79 Å². The van der Waals surface area contributed by atoms with Gasteiger partial charge in [0.15, 0.2) is 11.5 Å². The number of urea groups is 1. The van der Waals surface area contributed by atoms with Crippen LogP contribution in [0.3, 0.4) is 0 Å². The summed E-state index contributed by atoms with van der Waals surface area (Å²) in [6.07, 6.45) is 6.45. The highest BCUT2D eigenvalue weighted by Crippen LogP contribution is 2.40. The highest BCUT2D eigenvalue weighted by molar-refractivity contribution is 5.74. The van der Waals surface area contributed by atoms with Crippen LogP contribution in [0.5, 0.6) is 11.5 Å². The number of hydrogen-bond donors (Lipinski definition) is 1. The molecule has 3 aliphatic heterocycles. The number of carbonyl (C=O) groups is 1. The second-order valence-electron chi connectivity index (χ2n) is 7.52. The lowest BCUT2D eigenvalue weighted by molar-refractivity contribution is 0.0501. The number of fused-ring (bicyclic) bond motifs is 1. The van der Waals surface area contributed by atoms with E-state index in [1.807, 2.05) is 11.0 Å². The number of benzene rings is 1. The number of rotatable bonds is 3. The molecule has 0 bridgehead atoms. The molecule has 0 aliphatic carbocycles. The average molecular weight is 360 g/mol. The van der Waals surface area contributed by atoms with Gasteiger partial charge in [0.25, 0.3) is 0 Å². The molecular weight excluding hydrogens is 332 g/mol. The maximum Gasteiger partial charge on any atom is 0.317 e. The Hall–Kier alpha value is -1.95. The molecule has 1 aromatic carbocycles. The Labute approximate surface area is 154 Å². The molecule has 2 fully saturated rings. The van der Waals surface area contributed by atoms with Gasteiger partial charge in [-0.15, -0.1) is 0 Å². The van der Waals surface area contributed by atoms with E-state index < -0.39 is 0 Å².